The van der Waals surface area contributed by atoms with Gasteiger partial charge in [-0.25, -0.2) is 0 Å². The van der Waals surface area contributed by atoms with Crippen molar-refractivity contribution in [3.8, 4) is 6.07 Å². The van der Waals surface area contributed by atoms with Crippen LogP contribution in [0.25, 0.3) is 0 Å². The van der Waals surface area contributed by atoms with E-state index in [0.29, 0.717) is 16.8 Å². The van der Waals surface area contributed by atoms with E-state index in [4.69, 9.17) is 5.26 Å². The summed E-state index contributed by atoms with van der Waals surface area (Å²) in [4.78, 5) is 22.4. The average Bonchev–Trinajstić information content (AvgIpc) is 2.54. The van der Waals surface area contributed by atoms with Gasteiger partial charge >= 0.3 is 0 Å². The van der Waals surface area contributed by atoms with Crippen molar-refractivity contribution in [3.63, 3.8) is 0 Å². The van der Waals surface area contributed by atoms with Crippen molar-refractivity contribution in [3.05, 3.63) is 69.8 Å². The molecule has 22 heavy (non-hydrogen) atoms. The molecular weight excluding hydrogens is 282 g/mol. The predicted molar refractivity (Wildman–Crippen MR) is 81.3 cm³/mol. The van der Waals surface area contributed by atoms with Gasteiger partial charge in [-0.3, -0.25) is 14.9 Å². The summed E-state index contributed by atoms with van der Waals surface area (Å²) in [5.41, 5.74) is 1.47. The number of nitro benzene ring substituents is 1. The average molecular weight is 295 g/mol. The molecule has 110 valence electrons. The van der Waals surface area contributed by atoms with E-state index in [1.54, 1.807) is 43.3 Å². The summed E-state index contributed by atoms with van der Waals surface area (Å²) in [6.07, 6.45) is 0. The number of amides is 1. The number of nitrogens with one attached hydrogen (secondary N) is 1. The molecule has 1 amide bonds. The molecule has 0 radical (unpaired) electrons. The van der Waals surface area contributed by atoms with E-state index in [9.17, 15) is 14.9 Å². The lowest BCUT2D eigenvalue weighted by atomic mass is 10.00. The third-order valence-corrected chi connectivity index (χ3v) is 3.30. The zero-order valence-corrected chi connectivity index (χ0v) is 11.8. The van der Waals surface area contributed by atoms with E-state index in [1.165, 1.54) is 12.1 Å². The van der Waals surface area contributed by atoms with Crippen LogP contribution in [0.4, 0.5) is 11.4 Å². The molecule has 0 fully saturated rings. The molecule has 0 aromatic heterocycles. The minimum atomic E-state index is -0.493. The molecule has 0 heterocycles. The molecule has 0 aliphatic heterocycles. The fourth-order valence-corrected chi connectivity index (χ4v) is 1.97. The highest BCUT2D eigenvalue weighted by Gasteiger charge is 2.17. The molecule has 6 nitrogen and oxygen atoms in total. The van der Waals surface area contributed by atoms with E-state index in [2.05, 4.69) is 5.32 Å². The van der Waals surface area contributed by atoms with Gasteiger partial charge in [-0.05, 0) is 24.6 Å². The van der Waals surface area contributed by atoms with Crippen LogP contribution in [0.15, 0.2) is 48.5 Å². The Morgan fingerprint density at radius 2 is 1.86 bits per heavy atom. The Labute approximate surface area is 127 Å². The van der Waals surface area contributed by atoms with E-state index >= 15 is 0 Å². The van der Waals surface area contributed by atoms with Gasteiger partial charge < -0.3 is 5.32 Å². The molecular formula is C16H13N3O3. The van der Waals surface area contributed by atoms with Crippen LogP contribution in [0.2, 0.25) is 0 Å². The lowest BCUT2D eigenvalue weighted by Gasteiger charge is -2.13. The molecule has 1 atom stereocenters. The van der Waals surface area contributed by atoms with Gasteiger partial charge in [0, 0.05) is 12.1 Å². The number of nitro groups is 1. The third-order valence-electron chi connectivity index (χ3n) is 3.30. The van der Waals surface area contributed by atoms with Gasteiger partial charge in [-0.1, -0.05) is 24.3 Å². The van der Waals surface area contributed by atoms with Gasteiger partial charge in [0.2, 0.25) is 5.91 Å². The number of anilines is 1. The summed E-state index contributed by atoms with van der Waals surface area (Å²) in [6.45, 7) is 1.70. The van der Waals surface area contributed by atoms with E-state index in [1.807, 2.05) is 6.07 Å². The van der Waals surface area contributed by atoms with Crippen LogP contribution in [0.5, 0.6) is 0 Å². The highest BCUT2D eigenvalue weighted by molar-refractivity contribution is 5.96. The van der Waals surface area contributed by atoms with Crippen molar-refractivity contribution in [1.82, 2.24) is 0 Å². The van der Waals surface area contributed by atoms with E-state index in [0.717, 1.165) is 0 Å². The van der Waals surface area contributed by atoms with Gasteiger partial charge in [-0.2, -0.15) is 5.26 Å². The van der Waals surface area contributed by atoms with Crippen LogP contribution < -0.4 is 5.32 Å². The molecule has 0 bridgehead atoms. The molecule has 0 spiro atoms. The maximum absolute atomic E-state index is 12.2. The fourth-order valence-electron chi connectivity index (χ4n) is 1.97. The Kier molecular flexibility index (Phi) is 4.49. The summed E-state index contributed by atoms with van der Waals surface area (Å²) < 4.78 is 0. The first-order chi connectivity index (χ1) is 10.5. The quantitative estimate of drug-likeness (QED) is 0.692. The standard InChI is InChI=1S/C16H13N3O3/c1-11(12-6-8-14(9-7-12)19(21)22)16(20)18-15-5-3-2-4-13(15)10-17/h2-9,11H,1H3,(H,18,20)/t11-/m1/s1. The molecule has 1 N–H and O–H groups in total. The van der Waals surface area contributed by atoms with E-state index in [-0.39, 0.29) is 11.6 Å². The van der Waals surface area contributed by atoms with Crippen LogP contribution in [0.1, 0.15) is 24.0 Å². The summed E-state index contributed by atoms with van der Waals surface area (Å²) in [5.74, 6) is -0.774. The molecule has 0 saturated carbocycles. The van der Waals surface area contributed by atoms with Crippen LogP contribution >= 0.6 is 0 Å². The number of nitriles is 1. The second-order valence-corrected chi connectivity index (χ2v) is 4.72. The molecule has 2 aromatic rings. The van der Waals surface area contributed by atoms with Gasteiger partial charge in [0.05, 0.1) is 22.1 Å². The fraction of sp³-hybridized carbons (Fsp3) is 0.125. The number of non-ortho nitro benzene ring substituents is 1. The Morgan fingerprint density at radius 1 is 1.23 bits per heavy atom. The second kappa shape index (κ2) is 6.50. The predicted octanol–water partition coefficient (Wildman–Crippen LogP) is 3.21. The first-order valence-electron chi connectivity index (χ1n) is 6.57. The largest absolute Gasteiger partial charge is 0.324 e. The van der Waals surface area contributed by atoms with Crippen LogP contribution in [-0.4, -0.2) is 10.8 Å². The van der Waals surface area contributed by atoms with Gasteiger partial charge in [0.25, 0.3) is 5.69 Å². The van der Waals surface area contributed by atoms with Crippen molar-refractivity contribution in [2.24, 2.45) is 0 Å². The zero-order chi connectivity index (χ0) is 16.1. The SMILES string of the molecule is C[C@@H](C(=O)Nc1ccccc1C#N)c1ccc([N+](=O)[O-])cc1. The van der Waals surface area contributed by atoms with Crippen molar-refractivity contribution >= 4 is 17.3 Å². The van der Waals surface area contributed by atoms with Crippen LogP contribution in [0.3, 0.4) is 0 Å². The lowest BCUT2D eigenvalue weighted by Crippen LogP contribution is -2.19. The Bertz CT molecular complexity index is 748. The number of carbonyl (C=O) groups excluding carboxylic acids is 1. The van der Waals surface area contributed by atoms with Crippen LogP contribution in [-0.2, 0) is 4.79 Å². The lowest BCUT2D eigenvalue weighted by molar-refractivity contribution is -0.384. The topological polar surface area (TPSA) is 96.0 Å². The minimum Gasteiger partial charge on any atom is -0.324 e. The number of hydrogen-bond acceptors (Lipinski definition) is 4. The van der Waals surface area contributed by atoms with E-state index < -0.39 is 10.8 Å². The molecule has 2 aromatic carbocycles. The minimum absolute atomic E-state index is 0.0221. The van der Waals surface area contributed by atoms with Crippen LogP contribution in [0, 0.1) is 21.4 Å². The number of rotatable bonds is 4. The Balaban J connectivity index is 2.15. The zero-order valence-electron chi connectivity index (χ0n) is 11.8. The summed E-state index contributed by atoms with van der Waals surface area (Å²) in [5, 5.41) is 22.3. The van der Waals surface area contributed by atoms with Gasteiger partial charge in [0.15, 0.2) is 0 Å². The molecule has 0 saturated heterocycles. The number of hydrogen-bond donors (Lipinski definition) is 1. The third kappa shape index (κ3) is 3.27. The number of carbonyl (C=O) groups is 1. The van der Waals surface area contributed by atoms with Crippen molar-refractivity contribution < 1.29 is 9.72 Å². The first-order valence-corrected chi connectivity index (χ1v) is 6.57. The molecule has 0 aliphatic rings. The molecule has 2 rings (SSSR count). The summed E-state index contributed by atoms with van der Waals surface area (Å²) in [6, 6.07) is 14.6. The molecule has 0 aliphatic carbocycles. The van der Waals surface area contributed by atoms with Gasteiger partial charge in [0.1, 0.15) is 6.07 Å². The highest BCUT2D eigenvalue weighted by Crippen LogP contribution is 2.22. The normalized spacial score (nSPS) is 11.3. The first kappa shape index (κ1) is 15.2. The summed E-state index contributed by atoms with van der Waals surface area (Å²) in [7, 11) is 0. The second-order valence-electron chi connectivity index (χ2n) is 4.72. The maximum atomic E-state index is 12.2. The highest BCUT2D eigenvalue weighted by atomic mass is 16.6. The molecule has 6 heteroatoms. The Hall–Kier alpha value is -3.20. The number of benzene rings is 2. The summed E-state index contributed by atoms with van der Waals surface area (Å²) >= 11 is 0. The maximum Gasteiger partial charge on any atom is 0.269 e. The molecule has 0 unspecified atom stereocenters. The smallest absolute Gasteiger partial charge is 0.269 e. The monoisotopic (exact) mass is 295 g/mol. The number of para-hydroxylation sites is 1. The number of nitrogens with zero attached hydrogens (tertiary/aromatic N) is 2. The van der Waals surface area contributed by atoms with Crippen molar-refractivity contribution in [2.45, 2.75) is 12.8 Å². The van der Waals surface area contributed by atoms with Crippen molar-refractivity contribution in [1.29, 1.82) is 5.26 Å². The Morgan fingerprint density at radius 3 is 2.45 bits per heavy atom. The van der Waals surface area contributed by atoms with Crippen molar-refractivity contribution in [2.75, 3.05) is 5.32 Å². The van der Waals surface area contributed by atoms with Gasteiger partial charge in [-0.15, -0.1) is 0 Å².